The standard InChI is InChI=1S/C13H13BrN2O2/c1-9-2-4-10(5-3-9)8-15-13(17)16-12-7-6-11(14)18-12/h2-7H,8H2,1H3,(H2,15,16,17). The maximum Gasteiger partial charge on any atom is 0.321 e. The first-order valence-electron chi connectivity index (χ1n) is 5.49. The minimum absolute atomic E-state index is 0.294. The molecule has 94 valence electrons. The Morgan fingerprint density at radius 3 is 2.56 bits per heavy atom. The monoisotopic (exact) mass is 308 g/mol. The Bertz CT molecular complexity index is 534. The third-order valence-electron chi connectivity index (χ3n) is 2.38. The molecule has 0 saturated heterocycles. The van der Waals surface area contributed by atoms with Crippen molar-refractivity contribution in [3.05, 3.63) is 52.2 Å². The fraction of sp³-hybridized carbons (Fsp3) is 0.154. The van der Waals surface area contributed by atoms with E-state index in [1.165, 1.54) is 5.56 Å². The van der Waals surface area contributed by atoms with E-state index < -0.39 is 0 Å². The van der Waals surface area contributed by atoms with E-state index in [-0.39, 0.29) is 6.03 Å². The van der Waals surface area contributed by atoms with E-state index >= 15 is 0 Å². The second kappa shape index (κ2) is 5.73. The molecule has 4 nitrogen and oxygen atoms in total. The highest BCUT2D eigenvalue weighted by Crippen LogP contribution is 2.17. The average molecular weight is 309 g/mol. The van der Waals surface area contributed by atoms with Crippen LogP contribution in [0.4, 0.5) is 10.7 Å². The van der Waals surface area contributed by atoms with Crippen LogP contribution in [0.25, 0.3) is 0 Å². The summed E-state index contributed by atoms with van der Waals surface area (Å²) < 4.78 is 5.75. The molecule has 0 unspecified atom stereocenters. The van der Waals surface area contributed by atoms with Crippen molar-refractivity contribution in [1.29, 1.82) is 0 Å². The van der Waals surface area contributed by atoms with Gasteiger partial charge in [-0.3, -0.25) is 5.32 Å². The van der Waals surface area contributed by atoms with Crippen LogP contribution in [0.1, 0.15) is 11.1 Å². The van der Waals surface area contributed by atoms with Gasteiger partial charge in [0.25, 0.3) is 0 Å². The molecule has 0 saturated carbocycles. The first kappa shape index (κ1) is 12.7. The van der Waals surface area contributed by atoms with Gasteiger partial charge in [-0.25, -0.2) is 4.79 Å². The molecular weight excluding hydrogens is 296 g/mol. The number of carbonyl (C=O) groups excluding carboxylic acids is 1. The van der Waals surface area contributed by atoms with Crippen LogP contribution in [-0.4, -0.2) is 6.03 Å². The van der Waals surface area contributed by atoms with E-state index in [9.17, 15) is 4.79 Å². The van der Waals surface area contributed by atoms with Crippen molar-refractivity contribution >= 4 is 27.8 Å². The van der Waals surface area contributed by atoms with Crippen molar-refractivity contribution in [2.24, 2.45) is 0 Å². The molecule has 0 fully saturated rings. The smallest absolute Gasteiger partial charge is 0.321 e. The summed E-state index contributed by atoms with van der Waals surface area (Å²) in [6, 6.07) is 11.1. The molecule has 2 rings (SSSR count). The average Bonchev–Trinajstić information content (AvgIpc) is 2.74. The summed E-state index contributed by atoms with van der Waals surface area (Å²) >= 11 is 3.17. The van der Waals surface area contributed by atoms with Crippen molar-refractivity contribution < 1.29 is 9.21 Å². The highest BCUT2D eigenvalue weighted by Gasteiger charge is 2.04. The zero-order valence-corrected chi connectivity index (χ0v) is 11.5. The molecule has 0 spiro atoms. The second-order valence-corrected chi connectivity index (χ2v) is 4.68. The molecule has 2 N–H and O–H groups in total. The summed E-state index contributed by atoms with van der Waals surface area (Å²) in [7, 11) is 0. The number of aryl methyl sites for hydroxylation is 1. The summed E-state index contributed by atoms with van der Waals surface area (Å²) in [4.78, 5) is 11.6. The predicted octanol–water partition coefficient (Wildman–Crippen LogP) is 3.67. The van der Waals surface area contributed by atoms with E-state index in [2.05, 4.69) is 26.6 Å². The van der Waals surface area contributed by atoms with Crippen molar-refractivity contribution in [2.75, 3.05) is 5.32 Å². The van der Waals surface area contributed by atoms with Gasteiger partial charge >= 0.3 is 6.03 Å². The summed E-state index contributed by atoms with van der Waals surface area (Å²) in [6.45, 7) is 2.51. The van der Waals surface area contributed by atoms with Crippen LogP contribution >= 0.6 is 15.9 Å². The molecule has 1 aromatic carbocycles. The normalized spacial score (nSPS) is 10.1. The highest BCUT2D eigenvalue weighted by molar-refractivity contribution is 9.10. The molecule has 5 heteroatoms. The highest BCUT2D eigenvalue weighted by atomic mass is 79.9. The zero-order valence-electron chi connectivity index (χ0n) is 9.87. The summed E-state index contributed by atoms with van der Waals surface area (Å²) in [5, 5.41) is 5.35. The Labute approximate surface area is 114 Å². The van der Waals surface area contributed by atoms with E-state index in [0.29, 0.717) is 17.1 Å². The van der Waals surface area contributed by atoms with Gasteiger partial charge in [0.2, 0.25) is 5.88 Å². The Morgan fingerprint density at radius 2 is 1.94 bits per heavy atom. The zero-order chi connectivity index (χ0) is 13.0. The number of urea groups is 1. The number of amides is 2. The lowest BCUT2D eigenvalue weighted by Gasteiger charge is -2.05. The molecular formula is C13H13BrN2O2. The van der Waals surface area contributed by atoms with Gasteiger partial charge in [-0.2, -0.15) is 0 Å². The van der Waals surface area contributed by atoms with Gasteiger partial charge < -0.3 is 9.73 Å². The molecule has 18 heavy (non-hydrogen) atoms. The number of hydrogen-bond donors (Lipinski definition) is 2. The summed E-state index contributed by atoms with van der Waals surface area (Å²) in [6.07, 6.45) is 0. The number of benzene rings is 1. The largest absolute Gasteiger partial charge is 0.434 e. The molecule has 0 radical (unpaired) electrons. The SMILES string of the molecule is Cc1ccc(CNC(=O)Nc2ccc(Br)o2)cc1. The van der Waals surface area contributed by atoms with Crippen LogP contribution in [0.2, 0.25) is 0 Å². The van der Waals surface area contributed by atoms with Crippen LogP contribution in [0.15, 0.2) is 45.5 Å². The third-order valence-corrected chi connectivity index (χ3v) is 2.81. The maximum atomic E-state index is 11.6. The lowest BCUT2D eigenvalue weighted by molar-refractivity contribution is 0.251. The Balaban J connectivity index is 1.83. The summed E-state index contributed by atoms with van der Waals surface area (Å²) in [5.41, 5.74) is 2.25. The number of anilines is 1. The summed E-state index contributed by atoms with van der Waals surface area (Å²) in [5.74, 6) is 0.406. The van der Waals surface area contributed by atoms with E-state index in [1.54, 1.807) is 12.1 Å². The molecule has 2 aromatic rings. The number of halogens is 1. The molecule has 0 aliphatic rings. The van der Waals surface area contributed by atoms with Gasteiger partial charge in [-0.15, -0.1) is 0 Å². The van der Waals surface area contributed by atoms with Crippen molar-refractivity contribution in [2.45, 2.75) is 13.5 Å². The number of nitrogens with one attached hydrogen (secondary N) is 2. The number of hydrogen-bond acceptors (Lipinski definition) is 2. The van der Waals surface area contributed by atoms with Crippen molar-refractivity contribution in [3.63, 3.8) is 0 Å². The lowest BCUT2D eigenvalue weighted by Crippen LogP contribution is -2.27. The van der Waals surface area contributed by atoms with Crippen LogP contribution in [-0.2, 0) is 6.54 Å². The lowest BCUT2D eigenvalue weighted by atomic mass is 10.1. The number of furan rings is 1. The van der Waals surface area contributed by atoms with Gasteiger partial charge in [-0.05, 0) is 34.5 Å². The molecule has 0 aliphatic heterocycles. The first-order chi connectivity index (χ1) is 8.63. The van der Waals surface area contributed by atoms with E-state index in [0.717, 1.165) is 5.56 Å². The van der Waals surface area contributed by atoms with Crippen LogP contribution in [0, 0.1) is 6.92 Å². The minimum atomic E-state index is -0.294. The maximum absolute atomic E-state index is 11.6. The fourth-order valence-electron chi connectivity index (χ4n) is 1.43. The van der Waals surface area contributed by atoms with Crippen LogP contribution in [0.3, 0.4) is 0 Å². The molecule has 2 amide bonds. The predicted molar refractivity (Wildman–Crippen MR) is 73.4 cm³/mol. The Hall–Kier alpha value is -1.75. The van der Waals surface area contributed by atoms with Gasteiger partial charge in [0, 0.05) is 12.6 Å². The second-order valence-electron chi connectivity index (χ2n) is 3.90. The third kappa shape index (κ3) is 3.63. The topological polar surface area (TPSA) is 54.3 Å². The fourth-order valence-corrected chi connectivity index (χ4v) is 1.73. The van der Waals surface area contributed by atoms with E-state index in [1.807, 2.05) is 31.2 Å². The van der Waals surface area contributed by atoms with Gasteiger partial charge in [0.1, 0.15) is 0 Å². The van der Waals surface area contributed by atoms with Gasteiger partial charge in [0.05, 0.1) is 0 Å². The Kier molecular flexibility index (Phi) is 4.04. The molecule has 1 aromatic heterocycles. The molecule has 0 atom stereocenters. The number of carbonyl (C=O) groups is 1. The van der Waals surface area contributed by atoms with Gasteiger partial charge in [-0.1, -0.05) is 29.8 Å². The van der Waals surface area contributed by atoms with E-state index in [4.69, 9.17) is 4.42 Å². The van der Waals surface area contributed by atoms with Crippen molar-refractivity contribution in [1.82, 2.24) is 5.32 Å². The van der Waals surface area contributed by atoms with Crippen LogP contribution in [0.5, 0.6) is 0 Å². The van der Waals surface area contributed by atoms with Crippen LogP contribution < -0.4 is 10.6 Å². The number of rotatable bonds is 3. The minimum Gasteiger partial charge on any atom is -0.434 e. The molecule has 1 heterocycles. The van der Waals surface area contributed by atoms with Gasteiger partial charge in [0.15, 0.2) is 4.67 Å². The quantitative estimate of drug-likeness (QED) is 0.909. The first-order valence-corrected chi connectivity index (χ1v) is 6.28. The molecule has 0 bridgehead atoms. The van der Waals surface area contributed by atoms with Crippen molar-refractivity contribution in [3.8, 4) is 0 Å². The molecule has 0 aliphatic carbocycles. The Morgan fingerprint density at radius 1 is 1.22 bits per heavy atom.